The Morgan fingerprint density at radius 1 is 0.647 bits per heavy atom. The van der Waals surface area contributed by atoms with Gasteiger partial charge in [-0.25, -0.2) is 0 Å². The molecule has 0 aliphatic heterocycles. The van der Waals surface area contributed by atoms with Crippen LogP contribution in [0.15, 0.2) is 36.5 Å². The first-order valence-electron chi connectivity index (χ1n) is 6.76. The van der Waals surface area contributed by atoms with E-state index < -0.39 is 0 Å². The van der Waals surface area contributed by atoms with Crippen LogP contribution in [0.4, 0.5) is 0 Å². The van der Waals surface area contributed by atoms with E-state index in [-0.39, 0.29) is 0 Å². The molecule has 1 heteroatoms. The lowest BCUT2D eigenvalue weighted by Crippen LogP contribution is -1.76. The fraction of sp³-hybridized carbons (Fsp3) is 0.562. The van der Waals surface area contributed by atoms with Crippen LogP contribution in [-0.2, 0) is 4.79 Å². The van der Waals surface area contributed by atoms with Crippen molar-refractivity contribution < 1.29 is 4.79 Å². The van der Waals surface area contributed by atoms with E-state index in [9.17, 15) is 4.79 Å². The molecule has 0 aliphatic carbocycles. The molecule has 0 aromatic rings. The van der Waals surface area contributed by atoms with Gasteiger partial charge in [-0.1, -0.05) is 36.5 Å². The van der Waals surface area contributed by atoms with E-state index in [4.69, 9.17) is 0 Å². The van der Waals surface area contributed by atoms with Crippen LogP contribution in [-0.4, -0.2) is 6.29 Å². The van der Waals surface area contributed by atoms with Crippen molar-refractivity contribution in [2.24, 2.45) is 0 Å². The van der Waals surface area contributed by atoms with Gasteiger partial charge in [-0.3, -0.25) is 0 Å². The van der Waals surface area contributed by atoms with Crippen molar-refractivity contribution in [1.82, 2.24) is 0 Å². The quantitative estimate of drug-likeness (QED) is 0.279. The van der Waals surface area contributed by atoms with Crippen LogP contribution in [0, 0.1) is 0 Å². The van der Waals surface area contributed by atoms with Crippen molar-refractivity contribution in [3.8, 4) is 0 Å². The SMILES string of the molecule is C/C=C/CC/C=C/CC/C=C/CCCCC=O. The molecule has 0 rings (SSSR count). The fourth-order valence-corrected chi connectivity index (χ4v) is 1.51. The maximum atomic E-state index is 10.1. The monoisotopic (exact) mass is 234 g/mol. The summed E-state index contributed by atoms with van der Waals surface area (Å²) in [5.74, 6) is 0. The number of aldehydes is 1. The van der Waals surface area contributed by atoms with Crippen LogP contribution in [0.3, 0.4) is 0 Å². The zero-order valence-corrected chi connectivity index (χ0v) is 11.1. The number of hydrogen-bond acceptors (Lipinski definition) is 1. The Morgan fingerprint density at radius 2 is 1.12 bits per heavy atom. The highest BCUT2D eigenvalue weighted by Crippen LogP contribution is 2.01. The molecule has 0 N–H and O–H groups in total. The first-order valence-corrected chi connectivity index (χ1v) is 6.76. The van der Waals surface area contributed by atoms with Gasteiger partial charge in [-0.15, -0.1) is 0 Å². The molecular formula is C16H26O. The molecular weight excluding hydrogens is 208 g/mol. The molecule has 0 saturated carbocycles. The van der Waals surface area contributed by atoms with Crippen LogP contribution in [0.25, 0.3) is 0 Å². The Kier molecular flexibility index (Phi) is 13.9. The third-order valence-corrected chi connectivity index (χ3v) is 2.51. The molecule has 0 heterocycles. The van der Waals surface area contributed by atoms with E-state index in [1.807, 2.05) is 0 Å². The molecule has 0 aliphatic rings. The van der Waals surface area contributed by atoms with Crippen molar-refractivity contribution in [2.75, 3.05) is 0 Å². The first kappa shape index (κ1) is 15.9. The Balaban J connectivity index is 3.20. The van der Waals surface area contributed by atoms with E-state index in [1.54, 1.807) is 0 Å². The predicted octanol–water partition coefficient (Wildman–Crippen LogP) is 4.99. The summed E-state index contributed by atoms with van der Waals surface area (Å²) in [7, 11) is 0. The molecule has 96 valence electrons. The summed E-state index contributed by atoms with van der Waals surface area (Å²) in [4.78, 5) is 10.1. The van der Waals surface area contributed by atoms with Gasteiger partial charge in [-0.2, -0.15) is 0 Å². The van der Waals surface area contributed by atoms with Crippen LogP contribution in [0.2, 0.25) is 0 Å². The van der Waals surface area contributed by atoms with Gasteiger partial charge >= 0.3 is 0 Å². The Bertz CT molecular complexity index is 236. The molecule has 0 amide bonds. The molecule has 0 atom stereocenters. The third-order valence-electron chi connectivity index (χ3n) is 2.51. The molecule has 0 spiro atoms. The van der Waals surface area contributed by atoms with Crippen molar-refractivity contribution >= 4 is 6.29 Å². The van der Waals surface area contributed by atoms with E-state index in [2.05, 4.69) is 43.4 Å². The molecule has 0 unspecified atom stereocenters. The minimum absolute atomic E-state index is 0.711. The number of rotatable bonds is 11. The third kappa shape index (κ3) is 14.9. The van der Waals surface area contributed by atoms with E-state index in [0.29, 0.717) is 6.42 Å². The van der Waals surface area contributed by atoms with Gasteiger partial charge < -0.3 is 4.79 Å². The van der Waals surface area contributed by atoms with Gasteiger partial charge in [0.05, 0.1) is 0 Å². The molecule has 17 heavy (non-hydrogen) atoms. The number of carbonyl (C=O) groups is 1. The summed E-state index contributed by atoms with van der Waals surface area (Å²) in [6.07, 6.45) is 22.9. The maximum absolute atomic E-state index is 10.1. The molecule has 0 fully saturated rings. The van der Waals surface area contributed by atoms with Crippen LogP contribution >= 0.6 is 0 Å². The van der Waals surface area contributed by atoms with Gasteiger partial charge in [0.2, 0.25) is 0 Å². The van der Waals surface area contributed by atoms with Gasteiger partial charge in [0.1, 0.15) is 6.29 Å². The second-order valence-corrected chi connectivity index (χ2v) is 4.12. The second kappa shape index (κ2) is 14.9. The highest BCUT2D eigenvalue weighted by atomic mass is 16.1. The number of unbranched alkanes of at least 4 members (excludes halogenated alkanes) is 5. The van der Waals surface area contributed by atoms with E-state index in [0.717, 1.165) is 51.2 Å². The summed E-state index contributed by atoms with van der Waals surface area (Å²) in [6.45, 7) is 2.06. The minimum atomic E-state index is 0.711. The lowest BCUT2D eigenvalue weighted by molar-refractivity contribution is -0.107. The zero-order valence-electron chi connectivity index (χ0n) is 11.1. The van der Waals surface area contributed by atoms with Crippen molar-refractivity contribution in [3.05, 3.63) is 36.5 Å². The first-order chi connectivity index (χ1) is 8.41. The summed E-state index contributed by atoms with van der Waals surface area (Å²) in [6, 6.07) is 0. The number of carbonyl (C=O) groups excluding carboxylic acids is 1. The Hall–Kier alpha value is -1.11. The molecule has 1 nitrogen and oxygen atoms in total. The van der Waals surface area contributed by atoms with Crippen LogP contribution in [0.5, 0.6) is 0 Å². The largest absolute Gasteiger partial charge is 0.303 e. The average Bonchev–Trinajstić information content (AvgIpc) is 2.35. The Morgan fingerprint density at radius 3 is 1.65 bits per heavy atom. The molecule has 0 saturated heterocycles. The smallest absolute Gasteiger partial charge is 0.119 e. The number of hydrogen-bond donors (Lipinski definition) is 0. The predicted molar refractivity (Wildman–Crippen MR) is 76.1 cm³/mol. The summed E-state index contributed by atoms with van der Waals surface area (Å²) < 4.78 is 0. The summed E-state index contributed by atoms with van der Waals surface area (Å²) in [5, 5.41) is 0. The summed E-state index contributed by atoms with van der Waals surface area (Å²) in [5.41, 5.74) is 0. The van der Waals surface area contributed by atoms with Gasteiger partial charge in [-0.05, 0) is 51.9 Å². The van der Waals surface area contributed by atoms with Gasteiger partial charge in [0.25, 0.3) is 0 Å². The maximum Gasteiger partial charge on any atom is 0.119 e. The minimum Gasteiger partial charge on any atom is -0.303 e. The molecule has 0 aromatic carbocycles. The highest BCUT2D eigenvalue weighted by Gasteiger charge is 1.84. The molecule has 0 bridgehead atoms. The van der Waals surface area contributed by atoms with E-state index >= 15 is 0 Å². The lowest BCUT2D eigenvalue weighted by atomic mass is 10.1. The average molecular weight is 234 g/mol. The van der Waals surface area contributed by atoms with Crippen LogP contribution < -0.4 is 0 Å². The van der Waals surface area contributed by atoms with Crippen LogP contribution in [0.1, 0.15) is 58.3 Å². The fourth-order valence-electron chi connectivity index (χ4n) is 1.51. The Labute approximate surface area is 106 Å². The van der Waals surface area contributed by atoms with Gasteiger partial charge in [0, 0.05) is 6.42 Å². The lowest BCUT2D eigenvalue weighted by Gasteiger charge is -1.91. The van der Waals surface area contributed by atoms with Crippen molar-refractivity contribution in [3.63, 3.8) is 0 Å². The second-order valence-electron chi connectivity index (χ2n) is 4.12. The number of allylic oxidation sites excluding steroid dienone is 6. The summed E-state index contributed by atoms with van der Waals surface area (Å²) >= 11 is 0. The zero-order chi connectivity index (χ0) is 12.6. The van der Waals surface area contributed by atoms with E-state index in [1.165, 1.54) is 0 Å². The van der Waals surface area contributed by atoms with Crippen molar-refractivity contribution in [2.45, 2.75) is 58.3 Å². The molecule has 0 aromatic heterocycles. The van der Waals surface area contributed by atoms with Gasteiger partial charge in [0.15, 0.2) is 0 Å². The highest BCUT2D eigenvalue weighted by molar-refractivity contribution is 5.48. The topological polar surface area (TPSA) is 17.1 Å². The normalized spacial score (nSPS) is 12.1. The molecule has 0 radical (unpaired) electrons. The standard InChI is InChI=1S/C16H26O/c1-2-3-4-5-6-7-8-9-10-11-12-13-14-15-16-17/h2-3,6-7,10-11,16H,4-5,8-9,12-15H2,1H3/b3-2+,7-6+,11-10+. The van der Waals surface area contributed by atoms with Crippen molar-refractivity contribution in [1.29, 1.82) is 0 Å².